The first-order chi connectivity index (χ1) is 11.3. The van der Waals surface area contributed by atoms with Gasteiger partial charge in [-0.05, 0) is 19.8 Å². The number of hydrogen-bond acceptors (Lipinski definition) is 5. The third-order valence-corrected chi connectivity index (χ3v) is 2.78. The van der Waals surface area contributed by atoms with Crippen LogP contribution in [0.25, 0.3) is 0 Å². The fourth-order valence-corrected chi connectivity index (χ4v) is 1.32. The molecular formula is C14H17F6N5. The molecule has 0 bridgehead atoms. The van der Waals surface area contributed by atoms with Gasteiger partial charge in [0.05, 0.1) is 0 Å². The second kappa shape index (κ2) is 7.76. The molecule has 0 aromatic carbocycles. The van der Waals surface area contributed by atoms with Gasteiger partial charge in [0, 0.05) is 5.92 Å². The van der Waals surface area contributed by atoms with Gasteiger partial charge in [0.2, 0.25) is 17.7 Å². The van der Waals surface area contributed by atoms with Crippen molar-refractivity contribution in [3.8, 4) is 11.8 Å². The van der Waals surface area contributed by atoms with E-state index in [1.165, 1.54) is 0 Å². The molecule has 2 N–H and O–H groups in total. The van der Waals surface area contributed by atoms with Gasteiger partial charge in [-0.2, -0.15) is 41.3 Å². The van der Waals surface area contributed by atoms with Crippen LogP contribution in [0, 0.1) is 17.8 Å². The van der Waals surface area contributed by atoms with E-state index in [1.54, 1.807) is 13.8 Å². The van der Waals surface area contributed by atoms with Crippen molar-refractivity contribution in [1.29, 1.82) is 0 Å². The summed E-state index contributed by atoms with van der Waals surface area (Å²) in [5.41, 5.74) is 0. The highest BCUT2D eigenvalue weighted by molar-refractivity contribution is 5.40. The first kappa shape index (κ1) is 20.8. The van der Waals surface area contributed by atoms with Gasteiger partial charge in [-0.3, -0.25) is 0 Å². The number of anilines is 2. The average molecular weight is 369 g/mol. The zero-order valence-corrected chi connectivity index (χ0v) is 13.8. The molecule has 11 heteroatoms. The molecule has 140 valence electrons. The van der Waals surface area contributed by atoms with E-state index in [1.807, 2.05) is 10.6 Å². The number of nitrogens with zero attached hydrogens (tertiary/aromatic N) is 3. The van der Waals surface area contributed by atoms with Crippen molar-refractivity contribution < 1.29 is 26.3 Å². The minimum absolute atomic E-state index is 0.0900. The number of alkyl halides is 6. The fraction of sp³-hybridized carbons (Fsp3) is 0.643. The monoisotopic (exact) mass is 369 g/mol. The third-order valence-electron chi connectivity index (χ3n) is 2.78. The summed E-state index contributed by atoms with van der Waals surface area (Å²) in [6.07, 6.45) is -9.16. The zero-order valence-electron chi connectivity index (χ0n) is 13.8. The Morgan fingerprint density at radius 1 is 0.760 bits per heavy atom. The lowest BCUT2D eigenvalue weighted by molar-refractivity contribution is -0.139. The van der Waals surface area contributed by atoms with Crippen LogP contribution in [0.2, 0.25) is 0 Å². The van der Waals surface area contributed by atoms with Gasteiger partial charge in [-0.1, -0.05) is 19.8 Å². The molecule has 0 saturated heterocycles. The normalized spacial score (nSPS) is 14.5. The topological polar surface area (TPSA) is 62.7 Å². The Hall–Kier alpha value is -2.25. The van der Waals surface area contributed by atoms with E-state index in [0.717, 1.165) is 13.8 Å². The van der Waals surface area contributed by atoms with Crippen molar-refractivity contribution in [3.05, 3.63) is 5.82 Å². The van der Waals surface area contributed by atoms with Crippen LogP contribution in [0.1, 0.15) is 33.5 Å². The molecule has 1 aromatic heterocycles. The minimum Gasteiger partial charge on any atom is -0.343 e. The van der Waals surface area contributed by atoms with Gasteiger partial charge < -0.3 is 10.6 Å². The quantitative estimate of drug-likeness (QED) is 0.627. The van der Waals surface area contributed by atoms with Crippen LogP contribution in [0.15, 0.2) is 0 Å². The Bertz CT molecular complexity index is 604. The Balaban J connectivity index is 3.17. The van der Waals surface area contributed by atoms with Gasteiger partial charge in [0.1, 0.15) is 12.1 Å². The second-order valence-electron chi connectivity index (χ2n) is 5.55. The maximum absolute atomic E-state index is 12.6. The Kier molecular flexibility index (Phi) is 6.45. The van der Waals surface area contributed by atoms with Crippen LogP contribution >= 0.6 is 0 Å². The largest absolute Gasteiger partial charge is 0.408 e. The second-order valence-corrected chi connectivity index (χ2v) is 5.55. The molecule has 0 aliphatic heterocycles. The summed E-state index contributed by atoms with van der Waals surface area (Å²) in [4.78, 5) is 11.0. The number of halogens is 6. The molecule has 0 radical (unpaired) electrons. The van der Waals surface area contributed by atoms with Crippen molar-refractivity contribution in [3.63, 3.8) is 0 Å². The molecule has 0 aliphatic rings. The molecule has 1 aromatic rings. The molecule has 2 atom stereocenters. The summed E-state index contributed by atoms with van der Waals surface area (Å²) in [6, 6.07) is -4.01. The smallest absolute Gasteiger partial charge is 0.343 e. The molecule has 0 saturated carbocycles. The van der Waals surface area contributed by atoms with E-state index in [0.29, 0.717) is 0 Å². The number of aromatic nitrogens is 3. The standard InChI is InChI=1S/C14H17F6N5/c1-7(2)5-6-10-23-11(21-8(3)13(15,16)17)25-12(24-10)22-9(4)14(18,19)20/h7-9H,1-4H3,(H2,21,22,23,24,25)/t8-,9-/m1/s1. The summed E-state index contributed by atoms with van der Waals surface area (Å²) in [5, 5.41) is 3.97. The van der Waals surface area contributed by atoms with E-state index in [4.69, 9.17) is 0 Å². The Morgan fingerprint density at radius 3 is 1.48 bits per heavy atom. The van der Waals surface area contributed by atoms with E-state index in [-0.39, 0.29) is 11.7 Å². The molecule has 5 nitrogen and oxygen atoms in total. The number of rotatable bonds is 4. The van der Waals surface area contributed by atoms with Crippen LogP contribution in [-0.4, -0.2) is 39.4 Å². The maximum atomic E-state index is 12.6. The van der Waals surface area contributed by atoms with Gasteiger partial charge in [-0.15, -0.1) is 0 Å². The lowest BCUT2D eigenvalue weighted by atomic mass is 10.2. The lowest BCUT2D eigenvalue weighted by Crippen LogP contribution is -2.35. The fourth-order valence-electron chi connectivity index (χ4n) is 1.32. The SMILES string of the molecule is CC(C)C#Cc1nc(N[C@H](C)C(F)(F)F)nc(N[C@H](C)C(F)(F)F)n1. The molecule has 0 unspecified atom stereocenters. The summed E-state index contributed by atoms with van der Waals surface area (Å²) in [7, 11) is 0. The summed E-state index contributed by atoms with van der Waals surface area (Å²) >= 11 is 0. The van der Waals surface area contributed by atoms with Crippen molar-refractivity contribution in [2.45, 2.75) is 52.1 Å². The Morgan fingerprint density at radius 2 is 1.16 bits per heavy atom. The molecule has 0 fully saturated rings. The zero-order chi connectivity index (χ0) is 19.4. The molecule has 1 heterocycles. The molecular weight excluding hydrogens is 352 g/mol. The van der Waals surface area contributed by atoms with Crippen LogP contribution in [-0.2, 0) is 0 Å². The van der Waals surface area contributed by atoms with Gasteiger partial charge in [0.15, 0.2) is 0 Å². The molecule has 25 heavy (non-hydrogen) atoms. The van der Waals surface area contributed by atoms with E-state index < -0.39 is 36.3 Å². The van der Waals surface area contributed by atoms with Crippen molar-refractivity contribution in [2.75, 3.05) is 10.6 Å². The predicted octanol–water partition coefficient (Wildman–Crippen LogP) is 3.60. The average Bonchev–Trinajstić information content (AvgIpc) is 2.42. The molecule has 0 amide bonds. The molecule has 1 rings (SSSR count). The first-order valence-corrected chi connectivity index (χ1v) is 7.23. The van der Waals surface area contributed by atoms with Crippen LogP contribution < -0.4 is 10.6 Å². The van der Waals surface area contributed by atoms with Gasteiger partial charge in [-0.25, -0.2) is 0 Å². The van der Waals surface area contributed by atoms with Crippen molar-refractivity contribution >= 4 is 11.9 Å². The number of hydrogen-bond donors (Lipinski definition) is 2. The van der Waals surface area contributed by atoms with Crippen molar-refractivity contribution in [2.24, 2.45) is 5.92 Å². The lowest BCUT2D eigenvalue weighted by Gasteiger charge is -2.19. The van der Waals surface area contributed by atoms with Gasteiger partial charge in [0.25, 0.3) is 0 Å². The highest BCUT2D eigenvalue weighted by atomic mass is 19.4. The van der Waals surface area contributed by atoms with Crippen LogP contribution in [0.4, 0.5) is 38.2 Å². The Labute approximate surface area is 140 Å². The molecule has 0 spiro atoms. The van der Waals surface area contributed by atoms with E-state index in [2.05, 4.69) is 26.8 Å². The predicted molar refractivity (Wildman–Crippen MR) is 79.8 cm³/mol. The summed E-state index contributed by atoms with van der Waals surface area (Å²) < 4.78 is 75.8. The maximum Gasteiger partial charge on any atom is 0.408 e. The first-order valence-electron chi connectivity index (χ1n) is 7.23. The van der Waals surface area contributed by atoms with Crippen LogP contribution in [0.5, 0.6) is 0 Å². The summed E-state index contributed by atoms with van der Waals surface area (Å²) in [6.45, 7) is 5.16. The summed E-state index contributed by atoms with van der Waals surface area (Å²) in [5.74, 6) is 3.80. The number of nitrogens with one attached hydrogen (secondary N) is 2. The van der Waals surface area contributed by atoms with E-state index in [9.17, 15) is 26.3 Å². The van der Waals surface area contributed by atoms with E-state index >= 15 is 0 Å². The molecule has 0 aliphatic carbocycles. The van der Waals surface area contributed by atoms with Gasteiger partial charge >= 0.3 is 12.4 Å². The minimum atomic E-state index is -4.58. The van der Waals surface area contributed by atoms with Crippen LogP contribution in [0.3, 0.4) is 0 Å². The van der Waals surface area contributed by atoms with Crippen molar-refractivity contribution in [1.82, 2.24) is 15.0 Å². The third kappa shape index (κ3) is 7.03. The highest BCUT2D eigenvalue weighted by Crippen LogP contribution is 2.24. The highest BCUT2D eigenvalue weighted by Gasteiger charge is 2.38.